The Morgan fingerprint density at radius 2 is 1.92 bits per heavy atom. The van der Waals surface area contributed by atoms with Gasteiger partial charge in [0.2, 0.25) is 0 Å². The van der Waals surface area contributed by atoms with Crippen LogP contribution in [-0.4, -0.2) is 38.8 Å². The molecule has 0 aliphatic rings. The molecule has 0 spiro atoms. The Bertz CT molecular complexity index is 723. The summed E-state index contributed by atoms with van der Waals surface area (Å²) in [4.78, 5) is 11.6. The van der Waals surface area contributed by atoms with Gasteiger partial charge in [-0.15, -0.1) is 0 Å². The lowest BCUT2D eigenvalue weighted by Gasteiger charge is -2.18. The van der Waals surface area contributed by atoms with Gasteiger partial charge in [0.05, 0.1) is 20.8 Å². The lowest BCUT2D eigenvalue weighted by molar-refractivity contribution is -0.108. The average Bonchev–Trinajstić information content (AvgIpc) is 2.64. The summed E-state index contributed by atoms with van der Waals surface area (Å²) in [5.74, 6) is 0.816. The molecule has 0 aromatic heterocycles. The Labute approximate surface area is 145 Å². The number of rotatable bonds is 9. The zero-order valence-electron chi connectivity index (χ0n) is 14.0. The fourth-order valence-electron chi connectivity index (χ4n) is 2.33. The Morgan fingerprint density at radius 3 is 2.56 bits per heavy atom. The van der Waals surface area contributed by atoms with Crippen LogP contribution in [0.3, 0.4) is 0 Å². The van der Waals surface area contributed by atoms with Crippen molar-refractivity contribution < 1.29 is 28.5 Å². The summed E-state index contributed by atoms with van der Waals surface area (Å²) >= 11 is 0. The van der Waals surface area contributed by atoms with Crippen LogP contribution in [-0.2, 0) is 4.79 Å². The first kappa shape index (κ1) is 18.5. The van der Waals surface area contributed by atoms with E-state index in [-0.39, 0.29) is 19.0 Å². The molecule has 0 radical (unpaired) electrons. The van der Waals surface area contributed by atoms with Gasteiger partial charge in [0.15, 0.2) is 0 Å². The summed E-state index contributed by atoms with van der Waals surface area (Å²) in [6, 6.07) is 8.24. The summed E-state index contributed by atoms with van der Waals surface area (Å²) in [5.41, 5.74) is 1.07. The van der Waals surface area contributed by atoms with Gasteiger partial charge < -0.3 is 29.4 Å². The molecule has 25 heavy (non-hydrogen) atoms. The molecule has 0 fully saturated rings. The van der Waals surface area contributed by atoms with Gasteiger partial charge in [-0.3, -0.25) is 0 Å². The molecule has 2 aromatic rings. The van der Waals surface area contributed by atoms with E-state index in [0.717, 1.165) is 0 Å². The molecule has 0 bridgehead atoms. The number of aliphatic hydroxyl groups excluding tert-OH is 1. The fourth-order valence-corrected chi connectivity index (χ4v) is 2.33. The van der Waals surface area contributed by atoms with E-state index in [1.165, 1.54) is 32.4 Å². The van der Waals surface area contributed by atoms with Crippen LogP contribution in [0.25, 0.3) is 0 Å². The Kier molecular flexibility index (Phi) is 6.59. The Morgan fingerprint density at radius 1 is 1.16 bits per heavy atom. The highest BCUT2D eigenvalue weighted by molar-refractivity contribution is 5.70. The van der Waals surface area contributed by atoms with Crippen molar-refractivity contribution in [3.8, 4) is 17.2 Å². The molecular weight excluding hydrogens is 329 g/mol. The van der Waals surface area contributed by atoms with Crippen molar-refractivity contribution in [1.29, 1.82) is 0 Å². The summed E-state index contributed by atoms with van der Waals surface area (Å²) in [7, 11) is 2.92. The van der Waals surface area contributed by atoms with E-state index in [1.54, 1.807) is 18.2 Å². The minimum atomic E-state index is -0.756. The number of anilines is 1. The minimum absolute atomic E-state index is 0.121. The molecular formula is C18H20FNO5. The fraction of sp³-hybridized carbons (Fsp3) is 0.278. The molecule has 134 valence electrons. The van der Waals surface area contributed by atoms with Gasteiger partial charge >= 0.3 is 0 Å². The zero-order valence-corrected chi connectivity index (χ0v) is 14.0. The molecule has 7 heteroatoms. The number of carbonyl (C=O) groups excluding carboxylic acids is 1. The number of aldehydes is 1. The monoisotopic (exact) mass is 349 g/mol. The van der Waals surface area contributed by atoms with Crippen LogP contribution in [0.2, 0.25) is 0 Å². The van der Waals surface area contributed by atoms with Crippen LogP contribution < -0.4 is 19.5 Å². The second kappa shape index (κ2) is 8.89. The van der Waals surface area contributed by atoms with Crippen molar-refractivity contribution in [3.63, 3.8) is 0 Å². The number of hydrogen-bond donors (Lipinski definition) is 2. The smallest absolute Gasteiger partial charge is 0.146 e. The SMILES string of the molecule is COc1cc(NC(C=O)c2ccc(F)cc2OC)cc(OCCO)c1. The van der Waals surface area contributed by atoms with Crippen LogP contribution in [0.4, 0.5) is 10.1 Å². The first-order valence-corrected chi connectivity index (χ1v) is 7.59. The van der Waals surface area contributed by atoms with E-state index in [0.29, 0.717) is 29.0 Å². The maximum Gasteiger partial charge on any atom is 0.146 e. The van der Waals surface area contributed by atoms with Crippen LogP contribution in [0, 0.1) is 5.82 Å². The molecule has 2 N–H and O–H groups in total. The van der Waals surface area contributed by atoms with E-state index in [9.17, 15) is 9.18 Å². The third kappa shape index (κ3) is 4.84. The topological polar surface area (TPSA) is 77.0 Å². The first-order valence-electron chi connectivity index (χ1n) is 7.59. The predicted molar refractivity (Wildman–Crippen MR) is 91.0 cm³/mol. The van der Waals surface area contributed by atoms with Gasteiger partial charge in [0.1, 0.15) is 42.0 Å². The number of aliphatic hydroxyl groups is 1. The number of nitrogens with one attached hydrogen (secondary N) is 1. The number of ether oxygens (including phenoxy) is 3. The molecule has 1 unspecified atom stereocenters. The molecule has 6 nitrogen and oxygen atoms in total. The minimum Gasteiger partial charge on any atom is -0.497 e. The normalized spacial score (nSPS) is 11.5. The van der Waals surface area contributed by atoms with E-state index in [1.807, 2.05) is 0 Å². The number of halogens is 1. The van der Waals surface area contributed by atoms with Gasteiger partial charge in [-0.05, 0) is 12.1 Å². The number of carbonyl (C=O) groups is 1. The van der Waals surface area contributed by atoms with Crippen LogP contribution in [0.15, 0.2) is 36.4 Å². The van der Waals surface area contributed by atoms with Gasteiger partial charge in [-0.25, -0.2) is 4.39 Å². The number of methoxy groups -OCH3 is 2. The Balaban J connectivity index is 2.30. The second-order valence-electron chi connectivity index (χ2n) is 5.11. The summed E-state index contributed by atoms with van der Waals surface area (Å²) in [5, 5.41) is 11.9. The van der Waals surface area contributed by atoms with Crippen molar-refractivity contribution in [2.45, 2.75) is 6.04 Å². The lowest BCUT2D eigenvalue weighted by Crippen LogP contribution is -2.13. The zero-order chi connectivity index (χ0) is 18.2. The molecule has 1 atom stereocenters. The van der Waals surface area contributed by atoms with Crippen molar-refractivity contribution in [2.24, 2.45) is 0 Å². The van der Waals surface area contributed by atoms with Crippen molar-refractivity contribution in [1.82, 2.24) is 0 Å². The number of benzene rings is 2. The van der Waals surface area contributed by atoms with E-state index in [4.69, 9.17) is 19.3 Å². The molecule has 0 amide bonds. The van der Waals surface area contributed by atoms with Crippen molar-refractivity contribution in [2.75, 3.05) is 32.8 Å². The van der Waals surface area contributed by atoms with E-state index >= 15 is 0 Å². The third-order valence-corrected chi connectivity index (χ3v) is 3.46. The molecule has 2 rings (SSSR count). The predicted octanol–water partition coefficient (Wildman–Crippen LogP) is 2.57. The second-order valence-corrected chi connectivity index (χ2v) is 5.11. The molecule has 0 saturated heterocycles. The van der Waals surface area contributed by atoms with Crippen molar-refractivity contribution in [3.05, 3.63) is 47.8 Å². The van der Waals surface area contributed by atoms with Gasteiger partial charge in [0.25, 0.3) is 0 Å². The highest BCUT2D eigenvalue weighted by atomic mass is 19.1. The summed E-state index contributed by atoms with van der Waals surface area (Å²) in [6.07, 6.45) is 0.698. The lowest BCUT2D eigenvalue weighted by atomic mass is 10.1. The van der Waals surface area contributed by atoms with E-state index in [2.05, 4.69) is 5.32 Å². The maximum absolute atomic E-state index is 13.4. The average molecular weight is 349 g/mol. The molecule has 2 aromatic carbocycles. The van der Waals surface area contributed by atoms with Gasteiger partial charge in [-0.1, -0.05) is 0 Å². The summed E-state index contributed by atoms with van der Waals surface area (Å²) in [6.45, 7) is 0.0131. The third-order valence-electron chi connectivity index (χ3n) is 3.46. The standard InChI is InChI=1S/C18H20FNO5/c1-23-14-8-13(9-15(10-14)25-6-5-21)20-17(11-22)16-4-3-12(19)7-18(16)24-2/h3-4,7-11,17,20-21H,5-6H2,1-2H3. The quantitative estimate of drug-likeness (QED) is 0.678. The van der Waals surface area contributed by atoms with Crippen molar-refractivity contribution >= 4 is 12.0 Å². The Hall–Kier alpha value is -2.80. The highest BCUT2D eigenvalue weighted by Crippen LogP contribution is 2.31. The van der Waals surface area contributed by atoms with E-state index < -0.39 is 11.9 Å². The molecule has 0 heterocycles. The highest BCUT2D eigenvalue weighted by Gasteiger charge is 2.17. The first-order chi connectivity index (χ1) is 12.1. The molecule has 0 aliphatic heterocycles. The van der Waals surface area contributed by atoms with Crippen LogP contribution >= 0.6 is 0 Å². The van der Waals surface area contributed by atoms with Crippen LogP contribution in [0.1, 0.15) is 11.6 Å². The number of hydrogen-bond acceptors (Lipinski definition) is 6. The van der Waals surface area contributed by atoms with Gasteiger partial charge in [-0.2, -0.15) is 0 Å². The largest absolute Gasteiger partial charge is 0.497 e. The molecule has 0 saturated carbocycles. The van der Waals surface area contributed by atoms with Gasteiger partial charge in [0, 0.05) is 35.5 Å². The maximum atomic E-state index is 13.4. The molecule has 0 aliphatic carbocycles. The van der Waals surface area contributed by atoms with Crippen LogP contribution in [0.5, 0.6) is 17.2 Å². The summed E-state index contributed by atoms with van der Waals surface area (Å²) < 4.78 is 29.1.